The predicted octanol–water partition coefficient (Wildman–Crippen LogP) is 3.52. The third-order valence-electron chi connectivity index (χ3n) is 2.54. The number of pyridine rings is 1. The summed E-state index contributed by atoms with van der Waals surface area (Å²) in [6, 6.07) is 7.52. The normalized spacial score (nSPS) is 10.2. The van der Waals surface area contributed by atoms with Crippen LogP contribution in [0.15, 0.2) is 41.1 Å². The van der Waals surface area contributed by atoms with Crippen molar-refractivity contribution in [3.05, 3.63) is 52.3 Å². The summed E-state index contributed by atoms with van der Waals surface area (Å²) in [6.45, 7) is 1.95. The number of hydrogen-bond acceptors (Lipinski definition) is 2. The molecule has 2 rings (SSSR count). The van der Waals surface area contributed by atoms with Crippen molar-refractivity contribution in [3.8, 4) is 11.1 Å². The fraction of sp³-hybridized carbons (Fsp3) is 0.0769. The summed E-state index contributed by atoms with van der Waals surface area (Å²) in [5, 5.41) is 9.14. The van der Waals surface area contributed by atoms with Gasteiger partial charge in [-0.1, -0.05) is 22.0 Å². The van der Waals surface area contributed by atoms with Gasteiger partial charge in [-0.25, -0.2) is 4.79 Å². The van der Waals surface area contributed by atoms with Crippen molar-refractivity contribution >= 4 is 21.9 Å². The van der Waals surface area contributed by atoms with E-state index < -0.39 is 5.97 Å². The van der Waals surface area contributed by atoms with Crippen molar-refractivity contribution in [2.75, 3.05) is 0 Å². The third kappa shape index (κ3) is 2.36. The monoisotopic (exact) mass is 291 g/mol. The molecule has 0 saturated carbocycles. The Morgan fingerprint density at radius 2 is 2.06 bits per heavy atom. The van der Waals surface area contributed by atoms with E-state index in [1.807, 2.05) is 25.1 Å². The number of carboxylic acids is 1. The van der Waals surface area contributed by atoms with Gasteiger partial charge in [0.15, 0.2) is 0 Å². The second-order valence-corrected chi connectivity index (χ2v) is 4.60. The van der Waals surface area contributed by atoms with E-state index in [1.165, 1.54) is 6.20 Å². The summed E-state index contributed by atoms with van der Waals surface area (Å²) >= 11 is 3.39. The number of benzene rings is 1. The second kappa shape index (κ2) is 4.67. The SMILES string of the molecule is Cc1ccc(Br)cc1-c1ccncc1C(=O)O. The number of carboxylic acid groups (broad SMARTS) is 1. The minimum absolute atomic E-state index is 0.216. The molecule has 1 heterocycles. The Morgan fingerprint density at radius 1 is 1.29 bits per heavy atom. The maximum absolute atomic E-state index is 11.1. The third-order valence-corrected chi connectivity index (χ3v) is 3.03. The largest absolute Gasteiger partial charge is 0.478 e. The molecule has 0 saturated heterocycles. The zero-order chi connectivity index (χ0) is 12.4. The summed E-state index contributed by atoms with van der Waals surface area (Å²) < 4.78 is 0.922. The molecule has 0 aliphatic rings. The maximum atomic E-state index is 11.1. The molecule has 0 unspecified atom stereocenters. The lowest BCUT2D eigenvalue weighted by atomic mass is 9.98. The lowest BCUT2D eigenvalue weighted by molar-refractivity contribution is 0.0697. The standard InChI is InChI=1S/C13H10BrNO2/c1-8-2-3-9(14)6-11(8)10-4-5-15-7-12(10)13(16)17/h2-7H,1H3,(H,16,17). The number of aromatic nitrogens is 1. The molecule has 1 aromatic carbocycles. The number of aryl methyl sites for hydroxylation is 1. The van der Waals surface area contributed by atoms with Crippen molar-refractivity contribution in [2.24, 2.45) is 0 Å². The van der Waals surface area contributed by atoms with Crippen LogP contribution in [0.3, 0.4) is 0 Å². The van der Waals surface area contributed by atoms with E-state index in [0.29, 0.717) is 5.56 Å². The van der Waals surface area contributed by atoms with Gasteiger partial charge in [0.05, 0.1) is 5.56 Å². The van der Waals surface area contributed by atoms with Crippen LogP contribution in [0.1, 0.15) is 15.9 Å². The first kappa shape index (κ1) is 11.8. The van der Waals surface area contributed by atoms with E-state index in [-0.39, 0.29) is 5.56 Å². The van der Waals surface area contributed by atoms with Gasteiger partial charge in [0, 0.05) is 16.9 Å². The van der Waals surface area contributed by atoms with Crippen LogP contribution in [-0.2, 0) is 0 Å². The van der Waals surface area contributed by atoms with Crippen LogP contribution < -0.4 is 0 Å². The number of carbonyl (C=O) groups is 1. The molecule has 0 aliphatic heterocycles. The minimum atomic E-state index is -0.965. The molecule has 1 N–H and O–H groups in total. The summed E-state index contributed by atoms with van der Waals surface area (Å²) in [6.07, 6.45) is 2.97. The molecule has 0 fully saturated rings. The lowest BCUT2D eigenvalue weighted by Gasteiger charge is -2.09. The fourth-order valence-electron chi connectivity index (χ4n) is 1.68. The average molecular weight is 292 g/mol. The molecule has 0 aliphatic carbocycles. The summed E-state index contributed by atoms with van der Waals surface area (Å²) in [7, 11) is 0. The summed E-state index contributed by atoms with van der Waals surface area (Å²) in [5.74, 6) is -0.965. The van der Waals surface area contributed by atoms with E-state index in [2.05, 4.69) is 20.9 Å². The highest BCUT2D eigenvalue weighted by Gasteiger charge is 2.13. The van der Waals surface area contributed by atoms with Crippen molar-refractivity contribution < 1.29 is 9.90 Å². The highest BCUT2D eigenvalue weighted by atomic mass is 79.9. The molecule has 86 valence electrons. The average Bonchev–Trinajstić information content (AvgIpc) is 2.32. The fourth-order valence-corrected chi connectivity index (χ4v) is 2.05. The van der Waals surface area contributed by atoms with Crippen molar-refractivity contribution in [3.63, 3.8) is 0 Å². The van der Waals surface area contributed by atoms with Gasteiger partial charge in [-0.3, -0.25) is 4.98 Å². The smallest absolute Gasteiger partial charge is 0.337 e. The van der Waals surface area contributed by atoms with Gasteiger partial charge in [0.1, 0.15) is 0 Å². The quantitative estimate of drug-likeness (QED) is 0.921. The highest BCUT2D eigenvalue weighted by molar-refractivity contribution is 9.10. The van der Waals surface area contributed by atoms with Gasteiger partial charge < -0.3 is 5.11 Å². The molecule has 4 heteroatoms. The minimum Gasteiger partial charge on any atom is -0.478 e. The number of hydrogen-bond donors (Lipinski definition) is 1. The van der Waals surface area contributed by atoms with E-state index >= 15 is 0 Å². The van der Waals surface area contributed by atoms with E-state index in [4.69, 9.17) is 5.11 Å². The zero-order valence-electron chi connectivity index (χ0n) is 9.14. The van der Waals surface area contributed by atoms with Crippen molar-refractivity contribution in [1.82, 2.24) is 4.98 Å². The van der Waals surface area contributed by atoms with Crippen LogP contribution >= 0.6 is 15.9 Å². The first-order valence-electron chi connectivity index (χ1n) is 5.03. The van der Waals surface area contributed by atoms with Crippen LogP contribution in [0.2, 0.25) is 0 Å². The second-order valence-electron chi connectivity index (χ2n) is 3.69. The maximum Gasteiger partial charge on any atom is 0.337 e. The Bertz CT molecular complexity index is 581. The van der Waals surface area contributed by atoms with Crippen LogP contribution in [-0.4, -0.2) is 16.1 Å². The van der Waals surface area contributed by atoms with Gasteiger partial charge in [-0.15, -0.1) is 0 Å². The Balaban J connectivity index is 2.68. The molecule has 0 spiro atoms. The van der Waals surface area contributed by atoms with Crippen molar-refractivity contribution in [2.45, 2.75) is 6.92 Å². The Hall–Kier alpha value is -1.68. The Kier molecular flexibility index (Phi) is 3.24. The van der Waals surface area contributed by atoms with Crippen LogP contribution in [0.4, 0.5) is 0 Å². The molecule has 1 aromatic heterocycles. The molecule has 2 aromatic rings. The highest BCUT2D eigenvalue weighted by Crippen LogP contribution is 2.29. The Labute approximate surface area is 107 Å². The van der Waals surface area contributed by atoms with E-state index in [0.717, 1.165) is 15.6 Å². The molecule has 0 radical (unpaired) electrons. The molecule has 0 atom stereocenters. The number of halogens is 1. The number of rotatable bonds is 2. The summed E-state index contributed by atoms with van der Waals surface area (Å²) in [5.41, 5.74) is 2.83. The Morgan fingerprint density at radius 3 is 2.76 bits per heavy atom. The molecule has 3 nitrogen and oxygen atoms in total. The van der Waals surface area contributed by atoms with Crippen LogP contribution in [0, 0.1) is 6.92 Å². The molecule has 0 bridgehead atoms. The van der Waals surface area contributed by atoms with Gasteiger partial charge in [0.25, 0.3) is 0 Å². The number of nitrogens with zero attached hydrogens (tertiary/aromatic N) is 1. The molecular weight excluding hydrogens is 282 g/mol. The van der Waals surface area contributed by atoms with Crippen LogP contribution in [0.5, 0.6) is 0 Å². The van der Waals surface area contributed by atoms with E-state index in [9.17, 15) is 4.79 Å². The first-order valence-corrected chi connectivity index (χ1v) is 5.82. The van der Waals surface area contributed by atoms with Gasteiger partial charge in [-0.2, -0.15) is 0 Å². The van der Waals surface area contributed by atoms with Crippen molar-refractivity contribution in [1.29, 1.82) is 0 Å². The first-order chi connectivity index (χ1) is 8.09. The predicted molar refractivity (Wildman–Crippen MR) is 69.1 cm³/mol. The van der Waals surface area contributed by atoms with Crippen LogP contribution in [0.25, 0.3) is 11.1 Å². The van der Waals surface area contributed by atoms with Gasteiger partial charge >= 0.3 is 5.97 Å². The van der Waals surface area contributed by atoms with E-state index in [1.54, 1.807) is 12.3 Å². The zero-order valence-corrected chi connectivity index (χ0v) is 10.7. The molecule has 17 heavy (non-hydrogen) atoms. The van der Waals surface area contributed by atoms with Gasteiger partial charge in [-0.05, 0) is 41.8 Å². The lowest BCUT2D eigenvalue weighted by Crippen LogP contribution is -2.00. The number of aromatic carboxylic acids is 1. The topological polar surface area (TPSA) is 50.2 Å². The molecule has 0 amide bonds. The van der Waals surface area contributed by atoms with Gasteiger partial charge in [0.2, 0.25) is 0 Å². The summed E-state index contributed by atoms with van der Waals surface area (Å²) in [4.78, 5) is 15.0. The molecular formula is C13H10BrNO2.